The molecule has 1 aromatic carbocycles. The average molecular weight is 304 g/mol. The number of benzene rings is 1. The summed E-state index contributed by atoms with van der Waals surface area (Å²) in [5.41, 5.74) is 6.38. The summed E-state index contributed by atoms with van der Waals surface area (Å²) in [5, 5.41) is 4.54. The Morgan fingerprint density at radius 2 is 2.10 bits per heavy atom. The van der Waals surface area contributed by atoms with Crippen molar-refractivity contribution < 1.29 is 13.2 Å². The first kappa shape index (κ1) is 14.9. The topological polar surface area (TPSA) is 43.8 Å². The van der Waals surface area contributed by atoms with Gasteiger partial charge in [-0.15, -0.1) is 0 Å². The summed E-state index contributed by atoms with van der Waals surface area (Å²) in [4.78, 5) is 0. The number of nitrogens with zero attached hydrogens (tertiary/aromatic N) is 2. The Hall–Kier alpha value is -1.53. The van der Waals surface area contributed by atoms with E-state index >= 15 is 0 Å². The fourth-order valence-corrected chi connectivity index (χ4v) is 1.99. The molecule has 1 unspecified atom stereocenters. The van der Waals surface area contributed by atoms with Gasteiger partial charge in [0.2, 0.25) is 0 Å². The first-order chi connectivity index (χ1) is 9.29. The van der Waals surface area contributed by atoms with E-state index < -0.39 is 17.8 Å². The van der Waals surface area contributed by atoms with E-state index in [9.17, 15) is 13.2 Å². The Morgan fingerprint density at radius 1 is 1.40 bits per heavy atom. The van der Waals surface area contributed by atoms with Crippen LogP contribution in [0.25, 0.3) is 0 Å². The molecule has 0 saturated carbocycles. The molecule has 2 rings (SSSR count). The van der Waals surface area contributed by atoms with Gasteiger partial charge in [0.1, 0.15) is 0 Å². The zero-order valence-corrected chi connectivity index (χ0v) is 11.4. The number of nitrogens with two attached hydrogens (primary N) is 1. The van der Waals surface area contributed by atoms with E-state index in [1.807, 2.05) is 0 Å². The molecule has 0 spiro atoms. The molecule has 1 atom stereocenters. The van der Waals surface area contributed by atoms with Crippen LogP contribution in [0.3, 0.4) is 0 Å². The molecular weight excluding hydrogens is 291 g/mol. The lowest BCUT2D eigenvalue weighted by molar-refractivity contribution is -0.137. The van der Waals surface area contributed by atoms with Gasteiger partial charge in [-0.3, -0.25) is 4.68 Å². The minimum absolute atomic E-state index is 0.264. The van der Waals surface area contributed by atoms with Crippen LogP contribution in [0, 0.1) is 6.92 Å². The van der Waals surface area contributed by atoms with Gasteiger partial charge in [-0.1, -0.05) is 23.7 Å². The molecule has 0 amide bonds. The van der Waals surface area contributed by atoms with Gasteiger partial charge in [0.25, 0.3) is 0 Å². The van der Waals surface area contributed by atoms with Gasteiger partial charge >= 0.3 is 6.18 Å². The van der Waals surface area contributed by atoms with Crippen molar-refractivity contribution in [3.8, 4) is 0 Å². The summed E-state index contributed by atoms with van der Waals surface area (Å²) in [6.07, 6.45) is -2.89. The van der Waals surface area contributed by atoms with E-state index in [2.05, 4.69) is 5.10 Å². The third-order valence-corrected chi connectivity index (χ3v) is 3.43. The highest BCUT2D eigenvalue weighted by atomic mass is 35.5. The lowest BCUT2D eigenvalue weighted by Gasteiger charge is -2.15. The van der Waals surface area contributed by atoms with Crippen molar-refractivity contribution in [2.75, 3.05) is 0 Å². The van der Waals surface area contributed by atoms with Gasteiger partial charge in [-0.25, -0.2) is 0 Å². The molecule has 1 aromatic heterocycles. The number of rotatable bonds is 3. The van der Waals surface area contributed by atoms with Crippen molar-refractivity contribution in [1.82, 2.24) is 9.78 Å². The van der Waals surface area contributed by atoms with Crippen LogP contribution in [-0.2, 0) is 12.7 Å². The summed E-state index contributed by atoms with van der Waals surface area (Å²) in [6.45, 7) is 2.04. The monoisotopic (exact) mass is 303 g/mol. The maximum Gasteiger partial charge on any atom is 0.416 e. The van der Waals surface area contributed by atoms with Crippen molar-refractivity contribution in [2.45, 2.75) is 25.7 Å². The highest BCUT2D eigenvalue weighted by Crippen LogP contribution is 2.30. The highest BCUT2D eigenvalue weighted by Gasteiger charge is 2.30. The summed E-state index contributed by atoms with van der Waals surface area (Å²) in [7, 11) is 0. The molecule has 108 valence electrons. The largest absolute Gasteiger partial charge is 0.416 e. The second-order valence-electron chi connectivity index (χ2n) is 4.49. The highest BCUT2D eigenvalue weighted by molar-refractivity contribution is 6.31. The quantitative estimate of drug-likeness (QED) is 0.942. The Morgan fingerprint density at radius 3 is 2.65 bits per heavy atom. The minimum Gasteiger partial charge on any atom is -0.322 e. The van der Waals surface area contributed by atoms with Gasteiger partial charge in [0, 0.05) is 6.04 Å². The number of hydrogen-bond acceptors (Lipinski definition) is 2. The molecule has 0 aliphatic rings. The SMILES string of the molecule is Cc1c(Cl)cnn1CC(N)c1cccc(C(F)(F)F)c1. The molecule has 1 heterocycles. The predicted molar refractivity (Wildman–Crippen MR) is 70.3 cm³/mol. The molecule has 0 bridgehead atoms. The van der Waals surface area contributed by atoms with Crippen LogP contribution in [-0.4, -0.2) is 9.78 Å². The Bertz CT molecular complexity index is 607. The fourth-order valence-electron chi connectivity index (χ4n) is 1.85. The van der Waals surface area contributed by atoms with Gasteiger partial charge in [0.15, 0.2) is 0 Å². The average Bonchev–Trinajstić information content (AvgIpc) is 2.70. The summed E-state index contributed by atoms with van der Waals surface area (Å²) >= 11 is 5.87. The smallest absolute Gasteiger partial charge is 0.322 e. The van der Waals surface area contributed by atoms with Crippen LogP contribution in [0.2, 0.25) is 5.02 Å². The molecule has 20 heavy (non-hydrogen) atoms. The van der Waals surface area contributed by atoms with Crippen molar-refractivity contribution in [3.63, 3.8) is 0 Å². The Balaban J connectivity index is 2.21. The lowest BCUT2D eigenvalue weighted by atomic mass is 10.0. The number of halogens is 4. The van der Waals surface area contributed by atoms with Crippen molar-refractivity contribution in [2.24, 2.45) is 5.73 Å². The third-order valence-electron chi connectivity index (χ3n) is 3.06. The van der Waals surface area contributed by atoms with Crippen LogP contribution >= 0.6 is 11.6 Å². The van der Waals surface area contributed by atoms with Crippen LogP contribution in [0.5, 0.6) is 0 Å². The second kappa shape index (κ2) is 5.46. The summed E-state index contributed by atoms with van der Waals surface area (Å²) in [5.74, 6) is 0. The van der Waals surface area contributed by atoms with E-state index in [1.54, 1.807) is 17.7 Å². The van der Waals surface area contributed by atoms with E-state index in [0.29, 0.717) is 10.6 Å². The van der Waals surface area contributed by atoms with Crippen LogP contribution in [0.4, 0.5) is 13.2 Å². The third kappa shape index (κ3) is 3.13. The molecule has 0 aliphatic carbocycles. The second-order valence-corrected chi connectivity index (χ2v) is 4.90. The zero-order valence-electron chi connectivity index (χ0n) is 10.7. The fraction of sp³-hybridized carbons (Fsp3) is 0.308. The van der Waals surface area contributed by atoms with E-state index in [1.165, 1.54) is 12.3 Å². The Labute approximate surface area is 119 Å². The molecule has 0 saturated heterocycles. The maximum absolute atomic E-state index is 12.6. The van der Waals surface area contributed by atoms with E-state index in [0.717, 1.165) is 17.8 Å². The van der Waals surface area contributed by atoms with Crippen LogP contribution < -0.4 is 5.73 Å². The van der Waals surface area contributed by atoms with Crippen molar-refractivity contribution in [3.05, 3.63) is 52.3 Å². The first-order valence-corrected chi connectivity index (χ1v) is 6.27. The van der Waals surface area contributed by atoms with Gasteiger partial charge in [-0.05, 0) is 24.6 Å². The van der Waals surface area contributed by atoms with Crippen LogP contribution in [0.1, 0.15) is 22.9 Å². The number of hydrogen-bond donors (Lipinski definition) is 1. The number of aromatic nitrogens is 2. The van der Waals surface area contributed by atoms with Crippen LogP contribution in [0.15, 0.2) is 30.5 Å². The lowest BCUT2D eigenvalue weighted by Crippen LogP contribution is -2.20. The van der Waals surface area contributed by atoms with Gasteiger partial charge in [0.05, 0.1) is 29.0 Å². The first-order valence-electron chi connectivity index (χ1n) is 5.89. The molecule has 2 aromatic rings. The predicted octanol–water partition coefficient (Wildman–Crippen LogP) is 3.56. The molecule has 7 heteroatoms. The van der Waals surface area contributed by atoms with E-state index in [-0.39, 0.29) is 6.54 Å². The summed E-state index contributed by atoms with van der Waals surface area (Å²) in [6, 6.07) is 4.41. The summed E-state index contributed by atoms with van der Waals surface area (Å²) < 4.78 is 39.5. The molecule has 0 fully saturated rings. The Kier molecular flexibility index (Phi) is 4.06. The molecule has 2 N–H and O–H groups in total. The zero-order chi connectivity index (χ0) is 14.9. The molecule has 0 aliphatic heterocycles. The van der Waals surface area contributed by atoms with E-state index in [4.69, 9.17) is 17.3 Å². The number of alkyl halides is 3. The normalized spacial score (nSPS) is 13.5. The van der Waals surface area contributed by atoms with Crippen molar-refractivity contribution in [1.29, 1.82) is 0 Å². The minimum atomic E-state index is -4.37. The maximum atomic E-state index is 12.6. The molecular formula is C13H13ClF3N3. The standard InChI is InChI=1S/C13H13ClF3N3/c1-8-11(14)6-19-20(8)7-12(18)9-3-2-4-10(5-9)13(15,16)17/h2-6,12H,7,18H2,1H3. The van der Waals surface area contributed by atoms with Crippen molar-refractivity contribution >= 4 is 11.6 Å². The molecule has 3 nitrogen and oxygen atoms in total. The molecule has 0 radical (unpaired) electrons. The van der Waals surface area contributed by atoms with Gasteiger partial charge in [-0.2, -0.15) is 18.3 Å². The van der Waals surface area contributed by atoms with Gasteiger partial charge < -0.3 is 5.73 Å².